The van der Waals surface area contributed by atoms with E-state index in [2.05, 4.69) is 16.0 Å². The number of terminal acetylenes is 1. The topological polar surface area (TPSA) is 90.9 Å². The van der Waals surface area contributed by atoms with Gasteiger partial charge in [0.25, 0.3) is 0 Å². The number of methoxy groups -OCH3 is 1. The molecular weight excluding hydrogens is 338 g/mol. The van der Waals surface area contributed by atoms with E-state index in [1.807, 2.05) is 6.07 Å². The van der Waals surface area contributed by atoms with Gasteiger partial charge < -0.3 is 14.2 Å². The quantitative estimate of drug-likeness (QED) is 0.330. The third kappa shape index (κ3) is 6.32. The van der Waals surface area contributed by atoms with Crippen molar-refractivity contribution in [1.82, 2.24) is 5.32 Å². The SMILES string of the molecule is C#C[C@@](C/C=C/C(=O)OC)(NC(=O)OCc1ccccc1)C(=O)OCC. The van der Waals surface area contributed by atoms with Crippen molar-refractivity contribution in [3.05, 3.63) is 48.0 Å². The maximum atomic E-state index is 12.3. The highest BCUT2D eigenvalue weighted by Crippen LogP contribution is 2.14. The molecule has 0 fully saturated rings. The first-order valence-electron chi connectivity index (χ1n) is 7.85. The number of alkyl carbamates (subject to hydrolysis) is 1. The molecule has 1 aromatic rings. The lowest BCUT2D eigenvalue weighted by molar-refractivity contribution is -0.148. The second-order valence-corrected chi connectivity index (χ2v) is 5.09. The Morgan fingerprint density at radius 2 is 1.92 bits per heavy atom. The summed E-state index contributed by atoms with van der Waals surface area (Å²) in [5.74, 6) is 0.787. The van der Waals surface area contributed by atoms with Gasteiger partial charge in [0.1, 0.15) is 6.61 Å². The van der Waals surface area contributed by atoms with Crippen molar-refractivity contribution < 1.29 is 28.6 Å². The van der Waals surface area contributed by atoms with Gasteiger partial charge in [-0.3, -0.25) is 5.32 Å². The molecule has 7 nitrogen and oxygen atoms in total. The van der Waals surface area contributed by atoms with Gasteiger partial charge in [0, 0.05) is 12.5 Å². The molecule has 1 aromatic carbocycles. The van der Waals surface area contributed by atoms with Gasteiger partial charge in [0.2, 0.25) is 5.54 Å². The highest BCUT2D eigenvalue weighted by atomic mass is 16.6. The lowest BCUT2D eigenvalue weighted by Crippen LogP contribution is -2.54. The summed E-state index contributed by atoms with van der Waals surface area (Å²) in [4.78, 5) is 35.5. The standard InChI is InChI=1S/C19H21NO6/c1-4-19(17(22)25-5-2,13-9-12-16(21)24-3)20-18(23)26-14-15-10-7-6-8-11-15/h1,6-12H,5,13-14H2,2-3H3,(H,20,23)/b12-9+/t19-/m0/s1. The summed E-state index contributed by atoms with van der Waals surface area (Å²) in [6, 6.07) is 9.01. The first kappa shape index (κ1) is 20.8. The van der Waals surface area contributed by atoms with Crippen molar-refractivity contribution in [2.45, 2.75) is 25.5 Å². The summed E-state index contributed by atoms with van der Waals surface area (Å²) in [6.07, 6.45) is 6.84. The zero-order valence-corrected chi connectivity index (χ0v) is 14.7. The minimum Gasteiger partial charge on any atom is -0.466 e. The van der Waals surface area contributed by atoms with Crippen molar-refractivity contribution in [2.24, 2.45) is 0 Å². The van der Waals surface area contributed by atoms with E-state index in [1.54, 1.807) is 31.2 Å². The average molecular weight is 359 g/mol. The van der Waals surface area contributed by atoms with Crippen LogP contribution in [0.15, 0.2) is 42.5 Å². The van der Waals surface area contributed by atoms with Gasteiger partial charge in [-0.15, -0.1) is 6.42 Å². The van der Waals surface area contributed by atoms with Crippen molar-refractivity contribution in [3.8, 4) is 12.3 Å². The number of hydrogen-bond donors (Lipinski definition) is 1. The van der Waals surface area contributed by atoms with E-state index >= 15 is 0 Å². The number of carbonyl (C=O) groups excluding carboxylic acids is 3. The summed E-state index contributed by atoms with van der Waals surface area (Å²) in [7, 11) is 1.21. The number of nitrogens with one attached hydrogen (secondary N) is 1. The van der Waals surface area contributed by atoms with Crippen LogP contribution in [-0.4, -0.2) is 37.3 Å². The van der Waals surface area contributed by atoms with Crippen LogP contribution >= 0.6 is 0 Å². The van der Waals surface area contributed by atoms with E-state index in [9.17, 15) is 14.4 Å². The Balaban J connectivity index is 2.84. The Kier molecular flexibility index (Phi) is 8.44. The molecule has 0 saturated carbocycles. The molecule has 0 unspecified atom stereocenters. The summed E-state index contributed by atoms with van der Waals surface area (Å²) >= 11 is 0. The van der Waals surface area contributed by atoms with E-state index < -0.39 is 23.6 Å². The van der Waals surface area contributed by atoms with Crippen LogP contribution in [0.5, 0.6) is 0 Å². The fraction of sp³-hybridized carbons (Fsp3) is 0.316. The lowest BCUT2D eigenvalue weighted by Gasteiger charge is -2.25. The predicted octanol–water partition coefficient (Wildman–Crippen LogP) is 1.97. The molecule has 0 aromatic heterocycles. The maximum absolute atomic E-state index is 12.3. The fourth-order valence-electron chi connectivity index (χ4n) is 1.93. The molecule has 0 saturated heterocycles. The van der Waals surface area contributed by atoms with Gasteiger partial charge in [-0.2, -0.15) is 0 Å². The number of carbonyl (C=O) groups is 3. The van der Waals surface area contributed by atoms with Crippen molar-refractivity contribution in [1.29, 1.82) is 0 Å². The monoisotopic (exact) mass is 359 g/mol. The number of benzene rings is 1. The van der Waals surface area contributed by atoms with Gasteiger partial charge in [0.15, 0.2) is 0 Å². The molecule has 0 aliphatic heterocycles. The molecule has 0 aliphatic carbocycles. The highest BCUT2D eigenvalue weighted by molar-refractivity contribution is 5.90. The van der Waals surface area contributed by atoms with Crippen LogP contribution in [0.1, 0.15) is 18.9 Å². The Labute approximate surface area is 152 Å². The number of ether oxygens (including phenoxy) is 3. The minimum atomic E-state index is -1.80. The molecule has 1 atom stereocenters. The number of amides is 1. The van der Waals surface area contributed by atoms with Crippen LogP contribution in [0, 0.1) is 12.3 Å². The molecule has 1 rings (SSSR count). The van der Waals surface area contributed by atoms with Gasteiger partial charge in [-0.1, -0.05) is 42.3 Å². The maximum Gasteiger partial charge on any atom is 0.409 e. The van der Waals surface area contributed by atoms with E-state index in [4.69, 9.17) is 15.9 Å². The van der Waals surface area contributed by atoms with Crippen LogP contribution in [0.25, 0.3) is 0 Å². The van der Waals surface area contributed by atoms with Crippen molar-refractivity contribution in [2.75, 3.05) is 13.7 Å². The first-order valence-corrected chi connectivity index (χ1v) is 7.85. The normalized spacial score (nSPS) is 12.5. The molecule has 138 valence electrons. The molecule has 0 bridgehead atoms. The van der Waals surface area contributed by atoms with Gasteiger partial charge in [-0.05, 0) is 12.5 Å². The summed E-state index contributed by atoms with van der Waals surface area (Å²) in [6.45, 7) is 1.69. The van der Waals surface area contributed by atoms with Crippen LogP contribution in [0.3, 0.4) is 0 Å². The Hall–Kier alpha value is -3.27. The average Bonchev–Trinajstić information content (AvgIpc) is 2.66. The second-order valence-electron chi connectivity index (χ2n) is 5.09. The number of rotatable bonds is 8. The molecule has 7 heteroatoms. The fourth-order valence-corrected chi connectivity index (χ4v) is 1.93. The van der Waals surface area contributed by atoms with Gasteiger partial charge in [-0.25, -0.2) is 14.4 Å². The minimum absolute atomic E-state index is 0.00809. The number of esters is 2. The van der Waals surface area contributed by atoms with E-state index in [1.165, 1.54) is 13.2 Å². The predicted molar refractivity (Wildman–Crippen MR) is 93.7 cm³/mol. The summed E-state index contributed by atoms with van der Waals surface area (Å²) < 4.78 is 14.5. The molecule has 26 heavy (non-hydrogen) atoms. The largest absolute Gasteiger partial charge is 0.466 e. The smallest absolute Gasteiger partial charge is 0.409 e. The lowest BCUT2D eigenvalue weighted by atomic mass is 9.96. The van der Waals surface area contributed by atoms with Crippen molar-refractivity contribution >= 4 is 18.0 Å². The summed E-state index contributed by atoms with van der Waals surface area (Å²) in [5.41, 5.74) is -1.02. The second kappa shape index (κ2) is 10.6. The van der Waals surface area contributed by atoms with Crippen LogP contribution < -0.4 is 5.32 Å². The zero-order chi connectivity index (χ0) is 19.4. The Morgan fingerprint density at radius 1 is 1.23 bits per heavy atom. The molecule has 0 radical (unpaired) electrons. The number of hydrogen-bond acceptors (Lipinski definition) is 6. The van der Waals surface area contributed by atoms with E-state index in [0.29, 0.717) is 0 Å². The molecule has 1 N–H and O–H groups in total. The Morgan fingerprint density at radius 3 is 2.50 bits per heavy atom. The van der Waals surface area contributed by atoms with E-state index in [0.717, 1.165) is 11.6 Å². The highest BCUT2D eigenvalue weighted by Gasteiger charge is 2.39. The molecular formula is C19H21NO6. The first-order chi connectivity index (χ1) is 12.5. The van der Waals surface area contributed by atoms with Crippen LogP contribution in [-0.2, 0) is 30.4 Å². The molecule has 0 heterocycles. The van der Waals surface area contributed by atoms with Crippen molar-refractivity contribution in [3.63, 3.8) is 0 Å². The Bertz CT molecular complexity index is 692. The zero-order valence-electron chi connectivity index (χ0n) is 14.7. The third-order valence-electron chi connectivity index (χ3n) is 3.28. The molecule has 0 spiro atoms. The molecule has 0 aliphatic rings. The van der Waals surface area contributed by atoms with Gasteiger partial charge >= 0.3 is 18.0 Å². The van der Waals surface area contributed by atoms with Crippen LogP contribution in [0.4, 0.5) is 4.79 Å². The van der Waals surface area contributed by atoms with Crippen LogP contribution in [0.2, 0.25) is 0 Å². The third-order valence-corrected chi connectivity index (χ3v) is 3.28. The van der Waals surface area contributed by atoms with E-state index in [-0.39, 0.29) is 19.6 Å². The molecule has 1 amide bonds. The van der Waals surface area contributed by atoms with Gasteiger partial charge in [0.05, 0.1) is 13.7 Å². The summed E-state index contributed by atoms with van der Waals surface area (Å²) in [5, 5.41) is 2.35.